The van der Waals surface area contributed by atoms with Crippen molar-refractivity contribution in [2.75, 3.05) is 11.1 Å². The molecule has 1 aromatic heterocycles. The number of hydrogen-bond donors (Lipinski definition) is 2. The highest BCUT2D eigenvalue weighted by Crippen LogP contribution is 2.32. The van der Waals surface area contributed by atoms with Crippen molar-refractivity contribution in [1.82, 2.24) is 4.98 Å². The third kappa shape index (κ3) is 2.72. The molecule has 1 heterocycles. The fraction of sp³-hybridized carbons (Fsp3) is 0. The minimum absolute atomic E-state index is 0.289. The summed E-state index contributed by atoms with van der Waals surface area (Å²) < 4.78 is 0. The van der Waals surface area contributed by atoms with Crippen molar-refractivity contribution in [2.24, 2.45) is 0 Å². The first-order valence-corrected chi connectivity index (χ1v) is 5.79. The second kappa shape index (κ2) is 5.25. The number of nitrogens with two attached hydrogens (primary N) is 1. The number of nitrogen functional groups attached to an aromatic ring is 1. The van der Waals surface area contributed by atoms with E-state index >= 15 is 0 Å². The maximum atomic E-state index is 11.9. The van der Waals surface area contributed by atoms with E-state index in [1.165, 1.54) is 18.3 Å². The molecular formula is C12H9Cl2N3O. The van der Waals surface area contributed by atoms with Gasteiger partial charge in [0.05, 0.1) is 22.0 Å². The van der Waals surface area contributed by atoms with Crippen LogP contribution in [0.15, 0.2) is 36.7 Å². The summed E-state index contributed by atoms with van der Waals surface area (Å²) in [6, 6.07) is 6.34. The molecule has 1 amide bonds. The van der Waals surface area contributed by atoms with E-state index in [-0.39, 0.29) is 10.9 Å². The first-order chi connectivity index (χ1) is 8.58. The van der Waals surface area contributed by atoms with E-state index in [1.54, 1.807) is 18.3 Å². The molecule has 0 aliphatic carbocycles. The fourth-order valence-corrected chi connectivity index (χ4v) is 1.96. The lowest BCUT2D eigenvalue weighted by molar-refractivity contribution is 0.102. The van der Waals surface area contributed by atoms with Gasteiger partial charge in [0.15, 0.2) is 0 Å². The van der Waals surface area contributed by atoms with Crippen LogP contribution in [0.3, 0.4) is 0 Å². The SMILES string of the molecule is Nc1cc(Cl)cc(Cl)c1NC(=O)c1cccnc1. The first kappa shape index (κ1) is 12.7. The molecule has 1 aromatic carbocycles. The highest BCUT2D eigenvalue weighted by molar-refractivity contribution is 6.37. The molecule has 6 heteroatoms. The molecule has 0 aliphatic heterocycles. The molecule has 0 unspecified atom stereocenters. The highest BCUT2D eigenvalue weighted by Gasteiger charge is 2.12. The van der Waals surface area contributed by atoms with Crippen molar-refractivity contribution < 1.29 is 4.79 Å². The van der Waals surface area contributed by atoms with Gasteiger partial charge in [-0.2, -0.15) is 0 Å². The van der Waals surface area contributed by atoms with Gasteiger partial charge < -0.3 is 11.1 Å². The zero-order valence-electron chi connectivity index (χ0n) is 9.15. The Morgan fingerprint density at radius 1 is 1.33 bits per heavy atom. The van der Waals surface area contributed by atoms with Crippen molar-refractivity contribution >= 4 is 40.5 Å². The van der Waals surface area contributed by atoms with E-state index in [0.717, 1.165) is 0 Å². The van der Waals surface area contributed by atoms with Crippen molar-refractivity contribution in [3.8, 4) is 0 Å². The summed E-state index contributed by atoms with van der Waals surface area (Å²) >= 11 is 11.8. The van der Waals surface area contributed by atoms with Crippen molar-refractivity contribution in [3.63, 3.8) is 0 Å². The number of benzene rings is 1. The Kier molecular flexibility index (Phi) is 3.69. The monoisotopic (exact) mass is 281 g/mol. The molecule has 3 N–H and O–H groups in total. The Balaban J connectivity index is 2.28. The number of nitrogens with one attached hydrogen (secondary N) is 1. The summed E-state index contributed by atoms with van der Waals surface area (Å²) in [6.07, 6.45) is 3.04. The lowest BCUT2D eigenvalue weighted by atomic mass is 10.2. The molecule has 0 spiro atoms. The number of pyridine rings is 1. The Morgan fingerprint density at radius 2 is 2.11 bits per heavy atom. The smallest absolute Gasteiger partial charge is 0.257 e. The second-order valence-electron chi connectivity index (χ2n) is 3.55. The Hall–Kier alpha value is -1.78. The van der Waals surface area contributed by atoms with Crippen LogP contribution in [0.25, 0.3) is 0 Å². The number of hydrogen-bond acceptors (Lipinski definition) is 3. The predicted octanol–water partition coefficient (Wildman–Crippen LogP) is 3.22. The topological polar surface area (TPSA) is 68.0 Å². The molecule has 0 atom stereocenters. The largest absolute Gasteiger partial charge is 0.397 e. The molecule has 0 bridgehead atoms. The van der Waals surface area contributed by atoms with Gasteiger partial charge in [0.25, 0.3) is 5.91 Å². The van der Waals surface area contributed by atoms with Gasteiger partial charge in [0.1, 0.15) is 0 Å². The number of anilines is 2. The van der Waals surface area contributed by atoms with Gasteiger partial charge >= 0.3 is 0 Å². The molecule has 4 nitrogen and oxygen atoms in total. The molecular weight excluding hydrogens is 273 g/mol. The maximum absolute atomic E-state index is 11.9. The standard InChI is InChI=1S/C12H9Cl2N3O/c13-8-4-9(14)11(10(15)5-8)17-12(18)7-2-1-3-16-6-7/h1-6H,15H2,(H,17,18). The van der Waals surface area contributed by atoms with Crippen molar-refractivity contribution in [3.05, 3.63) is 52.3 Å². The average molecular weight is 282 g/mol. The van der Waals surface area contributed by atoms with E-state index in [0.29, 0.717) is 22.0 Å². The van der Waals surface area contributed by atoms with Gasteiger partial charge in [-0.1, -0.05) is 23.2 Å². The zero-order valence-corrected chi connectivity index (χ0v) is 10.7. The van der Waals surface area contributed by atoms with Gasteiger partial charge in [-0.3, -0.25) is 9.78 Å². The van der Waals surface area contributed by atoms with Crippen LogP contribution < -0.4 is 11.1 Å². The number of aromatic nitrogens is 1. The molecule has 18 heavy (non-hydrogen) atoms. The van der Waals surface area contributed by atoms with Crippen molar-refractivity contribution in [1.29, 1.82) is 0 Å². The lowest BCUT2D eigenvalue weighted by Crippen LogP contribution is -2.13. The summed E-state index contributed by atoms with van der Waals surface area (Å²) in [7, 11) is 0. The van der Waals surface area contributed by atoms with E-state index < -0.39 is 0 Å². The molecule has 0 radical (unpaired) electrons. The van der Waals surface area contributed by atoms with Crippen LogP contribution in [-0.2, 0) is 0 Å². The van der Waals surface area contributed by atoms with E-state index in [2.05, 4.69) is 10.3 Å². The van der Waals surface area contributed by atoms with Crippen LogP contribution in [0.4, 0.5) is 11.4 Å². The Morgan fingerprint density at radius 3 is 2.72 bits per heavy atom. The molecule has 2 aromatic rings. The van der Waals surface area contributed by atoms with Crippen LogP contribution in [-0.4, -0.2) is 10.9 Å². The molecule has 2 rings (SSSR count). The van der Waals surface area contributed by atoms with Gasteiger partial charge in [-0.25, -0.2) is 0 Å². The van der Waals surface area contributed by atoms with Crippen LogP contribution in [0.2, 0.25) is 10.0 Å². The molecule has 0 saturated heterocycles. The van der Waals surface area contributed by atoms with Crippen LogP contribution >= 0.6 is 23.2 Å². The van der Waals surface area contributed by atoms with Crippen LogP contribution in [0.1, 0.15) is 10.4 Å². The van der Waals surface area contributed by atoms with Crippen LogP contribution in [0.5, 0.6) is 0 Å². The van der Waals surface area contributed by atoms with E-state index in [4.69, 9.17) is 28.9 Å². The normalized spacial score (nSPS) is 10.1. The number of carbonyl (C=O) groups is 1. The van der Waals surface area contributed by atoms with Crippen LogP contribution in [0, 0.1) is 0 Å². The summed E-state index contributed by atoms with van der Waals surface area (Å²) in [5.74, 6) is -0.334. The summed E-state index contributed by atoms with van der Waals surface area (Å²) in [4.78, 5) is 15.8. The minimum Gasteiger partial charge on any atom is -0.397 e. The first-order valence-electron chi connectivity index (χ1n) is 5.04. The third-order valence-corrected chi connectivity index (χ3v) is 2.76. The van der Waals surface area contributed by atoms with Crippen molar-refractivity contribution in [2.45, 2.75) is 0 Å². The second-order valence-corrected chi connectivity index (χ2v) is 4.39. The third-order valence-electron chi connectivity index (χ3n) is 2.25. The zero-order chi connectivity index (χ0) is 13.1. The molecule has 0 fully saturated rings. The summed E-state index contributed by atoms with van der Waals surface area (Å²) in [5, 5.41) is 3.33. The van der Waals surface area contributed by atoms with Gasteiger partial charge in [0.2, 0.25) is 0 Å². The molecule has 92 valence electrons. The van der Waals surface area contributed by atoms with Gasteiger partial charge in [-0.15, -0.1) is 0 Å². The van der Waals surface area contributed by atoms with E-state index in [1.807, 2.05) is 0 Å². The Bertz CT molecular complexity index is 564. The minimum atomic E-state index is -0.334. The number of nitrogens with zero attached hydrogens (tertiary/aromatic N) is 1. The number of carbonyl (C=O) groups excluding carboxylic acids is 1. The fourth-order valence-electron chi connectivity index (χ4n) is 1.41. The quantitative estimate of drug-likeness (QED) is 0.831. The average Bonchev–Trinajstić information content (AvgIpc) is 2.34. The predicted molar refractivity (Wildman–Crippen MR) is 73.1 cm³/mol. The summed E-state index contributed by atoms with van der Waals surface area (Å²) in [6.45, 7) is 0. The number of rotatable bonds is 2. The Labute approximate surface area is 114 Å². The maximum Gasteiger partial charge on any atom is 0.257 e. The molecule has 0 saturated carbocycles. The molecule has 0 aliphatic rings. The number of amides is 1. The summed E-state index contributed by atoms with van der Waals surface area (Å²) in [5.41, 5.74) is 6.82. The van der Waals surface area contributed by atoms with E-state index in [9.17, 15) is 4.79 Å². The highest BCUT2D eigenvalue weighted by atomic mass is 35.5. The lowest BCUT2D eigenvalue weighted by Gasteiger charge is -2.10. The van der Waals surface area contributed by atoms with Gasteiger partial charge in [0, 0.05) is 17.4 Å². The van der Waals surface area contributed by atoms with Gasteiger partial charge in [-0.05, 0) is 24.3 Å². The number of halogens is 2.